The molecular weight excluding hydrogens is 184 g/mol. The fourth-order valence-corrected chi connectivity index (χ4v) is 1.13. The normalized spacial score (nSPS) is 8.62. The van der Waals surface area contributed by atoms with E-state index in [1.54, 1.807) is 11.3 Å². The van der Waals surface area contributed by atoms with Crippen LogP contribution in [0.25, 0.3) is 0 Å². The van der Waals surface area contributed by atoms with E-state index in [9.17, 15) is 0 Å². The van der Waals surface area contributed by atoms with E-state index in [4.69, 9.17) is 10.2 Å². The molecule has 13 heavy (non-hydrogen) atoms. The molecule has 0 bridgehead atoms. The SMILES string of the molecule is Oc1ccc(O)cc1.c1ccsc1. The van der Waals surface area contributed by atoms with Crippen LogP contribution in [0.3, 0.4) is 0 Å². The first-order chi connectivity index (χ1) is 6.29. The molecule has 0 fully saturated rings. The number of aromatic hydroxyl groups is 2. The molecule has 0 aliphatic carbocycles. The summed E-state index contributed by atoms with van der Waals surface area (Å²) in [4.78, 5) is 0. The monoisotopic (exact) mass is 194 g/mol. The Labute approximate surface area is 80.7 Å². The Kier molecular flexibility index (Phi) is 3.85. The molecule has 1 heterocycles. The lowest BCUT2D eigenvalue weighted by molar-refractivity contribution is 0.460. The molecule has 0 saturated carbocycles. The fourth-order valence-electron chi connectivity index (χ4n) is 0.679. The molecule has 3 heteroatoms. The van der Waals surface area contributed by atoms with Crippen LogP contribution in [0, 0.1) is 0 Å². The van der Waals surface area contributed by atoms with Gasteiger partial charge in [0.1, 0.15) is 11.5 Å². The summed E-state index contributed by atoms with van der Waals surface area (Å²) in [5.41, 5.74) is 0. The van der Waals surface area contributed by atoms with Crippen molar-refractivity contribution in [3.63, 3.8) is 0 Å². The number of thiophene rings is 1. The Morgan fingerprint density at radius 3 is 1.38 bits per heavy atom. The number of phenols is 2. The summed E-state index contributed by atoms with van der Waals surface area (Å²) in [5, 5.41) is 21.4. The summed E-state index contributed by atoms with van der Waals surface area (Å²) in [7, 11) is 0. The zero-order chi connectivity index (χ0) is 9.52. The van der Waals surface area contributed by atoms with Crippen molar-refractivity contribution in [2.24, 2.45) is 0 Å². The van der Waals surface area contributed by atoms with Crippen molar-refractivity contribution < 1.29 is 10.2 Å². The topological polar surface area (TPSA) is 40.5 Å². The first-order valence-electron chi connectivity index (χ1n) is 3.74. The van der Waals surface area contributed by atoms with E-state index in [0.717, 1.165) is 0 Å². The minimum Gasteiger partial charge on any atom is -0.508 e. The maximum Gasteiger partial charge on any atom is 0.115 e. The molecule has 68 valence electrons. The van der Waals surface area contributed by atoms with Crippen molar-refractivity contribution >= 4 is 11.3 Å². The Balaban J connectivity index is 0.000000145. The van der Waals surface area contributed by atoms with Gasteiger partial charge in [0.2, 0.25) is 0 Å². The first kappa shape index (κ1) is 9.61. The number of hydrogen-bond acceptors (Lipinski definition) is 3. The quantitative estimate of drug-likeness (QED) is 0.633. The highest BCUT2D eigenvalue weighted by Crippen LogP contribution is 2.13. The lowest BCUT2D eigenvalue weighted by Gasteiger charge is -1.88. The average Bonchev–Trinajstić information content (AvgIpc) is 2.68. The van der Waals surface area contributed by atoms with Crippen molar-refractivity contribution in [1.29, 1.82) is 0 Å². The Morgan fingerprint density at radius 1 is 0.769 bits per heavy atom. The second kappa shape index (κ2) is 5.22. The predicted molar refractivity (Wildman–Crippen MR) is 54.1 cm³/mol. The molecule has 0 unspecified atom stereocenters. The summed E-state index contributed by atoms with van der Waals surface area (Å²) in [6.45, 7) is 0. The second-order valence-electron chi connectivity index (χ2n) is 2.31. The third kappa shape index (κ3) is 4.18. The zero-order valence-corrected chi connectivity index (χ0v) is 7.74. The van der Waals surface area contributed by atoms with Gasteiger partial charge in [-0.15, -0.1) is 0 Å². The van der Waals surface area contributed by atoms with Gasteiger partial charge in [0.05, 0.1) is 0 Å². The van der Waals surface area contributed by atoms with E-state index in [-0.39, 0.29) is 11.5 Å². The molecule has 2 N–H and O–H groups in total. The van der Waals surface area contributed by atoms with Gasteiger partial charge in [0.25, 0.3) is 0 Å². The molecule has 0 spiro atoms. The van der Waals surface area contributed by atoms with Crippen molar-refractivity contribution in [3.8, 4) is 11.5 Å². The standard InChI is InChI=1S/C6H6O2.C4H4S/c7-5-1-2-6(8)4-3-5;1-2-4-5-3-1/h1-4,7-8H;1-4H. The summed E-state index contributed by atoms with van der Waals surface area (Å²) in [6, 6.07) is 9.74. The van der Waals surface area contributed by atoms with Crippen LogP contribution in [0.1, 0.15) is 0 Å². The van der Waals surface area contributed by atoms with Crippen LogP contribution in [-0.2, 0) is 0 Å². The van der Waals surface area contributed by atoms with E-state index in [1.807, 2.05) is 22.9 Å². The van der Waals surface area contributed by atoms with Crippen molar-refractivity contribution in [1.82, 2.24) is 0 Å². The third-order valence-electron chi connectivity index (χ3n) is 1.28. The number of rotatable bonds is 0. The Bertz CT molecular complexity index is 275. The lowest BCUT2D eigenvalue weighted by atomic mass is 10.3. The van der Waals surface area contributed by atoms with Crippen molar-refractivity contribution in [2.75, 3.05) is 0 Å². The van der Waals surface area contributed by atoms with E-state index >= 15 is 0 Å². The van der Waals surface area contributed by atoms with Crippen LogP contribution in [0.2, 0.25) is 0 Å². The smallest absolute Gasteiger partial charge is 0.115 e. The van der Waals surface area contributed by atoms with Crippen LogP contribution >= 0.6 is 11.3 Å². The Morgan fingerprint density at radius 2 is 1.15 bits per heavy atom. The molecule has 0 amide bonds. The van der Waals surface area contributed by atoms with Crippen molar-refractivity contribution in [2.45, 2.75) is 0 Å². The lowest BCUT2D eigenvalue weighted by Crippen LogP contribution is -1.61. The molecule has 1 aromatic carbocycles. The minimum atomic E-state index is 0.169. The molecule has 0 atom stereocenters. The molecule has 2 rings (SSSR count). The summed E-state index contributed by atoms with van der Waals surface area (Å²) < 4.78 is 0. The highest BCUT2D eigenvalue weighted by atomic mass is 32.1. The highest BCUT2D eigenvalue weighted by Gasteiger charge is 1.84. The molecule has 2 aromatic rings. The minimum absolute atomic E-state index is 0.169. The van der Waals surface area contributed by atoms with Crippen LogP contribution in [0.5, 0.6) is 11.5 Å². The Hall–Kier alpha value is -1.48. The zero-order valence-electron chi connectivity index (χ0n) is 6.92. The van der Waals surface area contributed by atoms with Gasteiger partial charge in [-0.2, -0.15) is 11.3 Å². The summed E-state index contributed by atoms with van der Waals surface area (Å²) in [6.07, 6.45) is 0. The number of benzene rings is 1. The molecule has 2 nitrogen and oxygen atoms in total. The maximum atomic E-state index is 8.65. The van der Waals surface area contributed by atoms with Gasteiger partial charge in [-0.25, -0.2) is 0 Å². The van der Waals surface area contributed by atoms with Crippen LogP contribution in [0.4, 0.5) is 0 Å². The van der Waals surface area contributed by atoms with Gasteiger partial charge in [-0.3, -0.25) is 0 Å². The molecule has 0 aliphatic rings. The van der Waals surface area contributed by atoms with Gasteiger partial charge in [-0.1, -0.05) is 12.1 Å². The fraction of sp³-hybridized carbons (Fsp3) is 0. The molecule has 0 aliphatic heterocycles. The summed E-state index contributed by atoms with van der Waals surface area (Å²) in [5.74, 6) is 0.339. The van der Waals surface area contributed by atoms with Gasteiger partial charge in [0, 0.05) is 0 Å². The molecule has 1 aromatic heterocycles. The van der Waals surface area contributed by atoms with E-state index < -0.39 is 0 Å². The summed E-state index contributed by atoms with van der Waals surface area (Å²) >= 11 is 1.71. The van der Waals surface area contributed by atoms with Gasteiger partial charge < -0.3 is 10.2 Å². The van der Waals surface area contributed by atoms with Crippen LogP contribution in [-0.4, -0.2) is 10.2 Å². The van der Waals surface area contributed by atoms with Gasteiger partial charge >= 0.3 is 0 Å². The second-order valence-corrected chi connectivity index (χ2v) is 3.13. The first-order valence-corrected chi connectivity index (χ1v) is 4.68. The highest BCUT2D eigenvalue weighted by molar-refractivity contribution is 7.07. The van der Waals surface area contributed by atoms with E-state index in [2.05, 4.69) is 0 Å². The molecule has 0 saturated heterocycles. The van der Waals surface area contributed by atoms with Gasteiger partial charge in [0.15, 0.2) is 0 Å². The molecular formula is C10H10O2S. The van der Waals surface area contributed by atoms with Crippen LogP contribution in [0.15, 0.2) is 47.2 Å². The predicted octanol–water partition coefficient (Wildman–Crippen LogP) is 2.85. The number of phenolic OH excluding ortho intramolecular Hbond substituents is 2. The van der Waals surface area contributed by atoms with Crippen molar-refractivity contribution in [3.05, 3.63) is 47.2 Å². The maximum absolute atomic E-state index is 8.65. The largest absolute Gasteiger partial charge is 0.508 e. The average molecular weight is 194 g/mol. The van der Waals surface area contributed by atoms with Crippen LogP contribution < -0.4 is 0 Å². The molecule has 0 radical (unpaired) electrons. The number of hydrogen-bond donors (Lipinski definition) is 2. The third-order valence-corrected chi connectivity index (χ3v) is 1.90. The van der Waals surface area contributed by atoms with E-state index in [1.165, 1.54) is 24.3 Å². The van der Waals surface area contributed by atoms with Gasteiger partial charge in [-0.05, 0) is 35.0 Å². The van der Waals surface area contributed by atoms with E-state index in [0.29, 0.717) is 0 Å².